The molecule has 0 saturated carbocycles. The molecule has 0 fully saturated rings. The molecule has 1 heterocycles. The van der Waals surface area contributed by atoms with Crippen LogP contribution in [0.25, 0.3) is 0 Å². The summed E-state index contributed by atoms with van der Waals surface area (Å²) >= 11 is 0. The molecule has 0 amide bonds. The van der Waals surface area contributed by atoms with Crippen LogP contribution in [0.15, 0.2) is 23.3 Å². The molecule has 0 N–H and O–H groups in total. The highest BCUT2D eigenvalue weighted by molar-refractivity contribution is 7.70. The third-order valence-electron chi connectivity index (χ3n) is 2.07. The van der Waals surface area contributed by atoms with E-state index in [0.29, 0.717) is 5.92 Å². The van der Waals surface area contributed by atoms with Crippen LogP contribution in [0.1, 0.15) is 27.2 Å². The molecule has 0 aromatic heterocycles. The second-order valence-electron chi connectivity index (χ2n) is 3.95. The quantitative estimate of drug-likeness (QED) is 0.609. The molecule has 1 nitrogen and oxygen atoms in total. The van der Waals surface area contributed by atoms with Gasteiger partial charge in [0.05, 0.1) is 0 Å². The van der Waals surface area contributed by atoms with Crippen LogP contribution in [-0.4, -0.2) is 6.16 Å². The first-order valence-corrected chi connectivity index (χ1v) is 6.52. The van der Waals surface area contributed by atoms with Crippen molar-refractivity contribution in [1.29, 1.82) is 0 Å². The van der Waals surface area contributed by atoms with Crippen LogP contribution in [0.2, 0.25) is 0 Å². The number of hydrogen-bond donors (Lipinski definition) is 0. The maximum absolute atomic E-state index is 12.0. The Morgan fingerprint density at radius 3 is 2.58 bits per heavy atom. The summed E-state index contributed by atoms with van der Waals surface area (Å²) in [5, 5.41) is 0. The van der Waals surface area contributed by atoms with E-state index in [-0.39, 0.29) is 0 Å². The van der Waals surface area contributed by atoms with E-state index in [2.05, 4.69) is 13.8 Å². The summed E-state index contributed by atoms with van der Waals surface area (Å²) in [7, 11) is -2.02. The molecule has 1 atom stereocenters. The molecule has 1 aliphatic rings. The van der Waals surface area contributed by atoms with Crippen LogP contribution in [0.3, 0.4) is 0 Å². The summed E-state index contributed by atoms with van der Waals surface area (Å²) in [6.45, 7) is 6.34. The van der Waals surface area contributed by atoms with Crippen molar-refractivity contribution >= 4 is 7.14 Å². The molecule has 12 heavy (non-hydrogen) atoms. The molecule has 0 aromatic rings. The molecule has 2 heteroatoms. The minimum atomic E-state index is -2.02. The van der Waals surface area contributed by atoms with Crippen LogP contribution in [0.4, 0.5) is 0 Å². The lowest BCUT2D eigenvalue weighted by molar-refractivity contribution is 0.572. The molecule has 68 valence electrons. The van der Waals surface area contributed by atoms with Crippen LogP contribution >= 0.6 is 7.14 Å². The average Bonchev–Trinajstić information content (AvgIpc) is 2.29. The summed E-state index contributed by atoms with van der Waals surface area (Å²) in [4.78, 5) is 0. The lowest BCUT2D eigenvalue weighted by Gasteiger charge is -2.08. The largest absolute Gasteiger partial charge is 0.315 e. The van der Waals surface area contributed by atoms with Gasteiger partial charge in [0.15, 0.2) is 0 Å². The molecule has 0 aliphatic carbocycles. The van der Waals surface area contributed by atoms with E-state index in [1.165, 1.54) is 0 Å². The first-order valence-electron chi connectivity index (χ1n) is 4.49. The van der Waals surface area contributed by atoms with Crippen molar-refractivity contribution in [3.63, 3.8) is 0 Å². The van der Waals surface area contributed by atoms with Crippen LogP contribution in [-0.2, 0) is 4.57 Å². The monoisotopic (exact) mass is 184 g/mol. The van der Waals surface area contributed by atoms with Gasteiger partial charge in [-0.1, -0.05) is 19.9 Å². The SMILES string of the molecule is CC1=CP(=O)(CCC(C)C)C=C1. The van der Waals surface area contributed by atoms with E-state index in [1.807, 2.05) is 24.6 Å². The third kappa shape index (κ3) is 2.64. The van der Waals surface area contributed by atoms with Gasteiger partial charge in [-0.05, 0) is 36.5 Å². The van der Waals surface area contributed by atoms with Crippen molar-refractivity contribution in [2.75, 3.05) is 6.16 Å². The molecule has 0 spiro atoms. The molecular formula is C10H17OP. The number of allylic oxidation sites excluding steroid dienone is 2. The average molecular weight is 184 g/mol. The smallest absolute Gasteiger partial charge is 0.129 e. The topological polar surface area (TPSA) is 17.1 Å². The fraction of sp³-hybridized carbons (Fsp3) is 0.600. The zero-order valence-corrected chi connectivity index (χ0v) is 8.97. The zero-order chi connectivity index (χ0) is 9.19. The van der Waals surface area contributed by atoms with Crippen LogP contribution < -0.4 is 0 Å². The molecule has 0 bridgehead atoms. The molecule has 0 aromatic carbocycles. The third-order valence-corrected chi connectivity index (χ3v) is 4.52. The molecular weight excluding hydrogens is 167 g/mol. The Morgan fingerprint density at radius 1 is 1.50 bits per heavy atom. The molecule has 1 unspecified atom stereocenters. The molecule has 0 radical (unpaired) electrons. The van der Waals surface area contributed by atoms with Crippen molar-refractivity contribution in [3.05, 3.63) is 23.3 Å². The van der Waals surface area contributed by atoms with Gasteiger partial charge in [0.1, 0.15) is 7.14 Å². The van der Waals surface area contributed by atoms with E-state index in [0.717, 1.165) is 18.2 Å². The Morgan fingerprint density at radius 2 is 2.17 bits per heavy atom. The number of hydrogen-bond acceptors (Lipinski definition) is 1. The van der Waals surface area contributed by atoms with Gasteiger partial charge in [-0.2, -0.15) is 0 Å². The summed E-state index contributed by atoms with van der Waals surface area (Å²) in [5.74, 6) is 4.48. The summed E-state index contributed by atoms with van der Waals surface area (Å²) < 4.78 is 12.0. The van der Waals surface area contributed by atoms with Crippen molar-refractivity contribution in [2.24, 2.45) is 5.92 Å². The Balaban J connectivity index is 2.53. The fourth-order valence-corrected chi connectivity index (χ4v) is 3.82. The lowest BCUT2D eigenvalue weighted by atomic mass is 10.2. The van der Waals surface area contributed by atoms with Gasteiger partial charge in [-0.3, -0.25) is 0 Å². The minimum Gasteiger partial charge on any atom is -0.315 e. The van der Waals surface area contributed by atoms with E-state index in [4.69, 9.17) is 0 Å². The maximum Gasteiger partial charge on any atom is 0.129 e. The van der Waals surface area contributed by atoms with Gasteiger partial charge < -0.3 is 4.57 Å². The van der Waals surface area contributed by atoms with Gasteiger partial charge in [-0.15, -0.1) is 0 Å². The summed E-state index contributed by atoms with van der Waals surface area (Å²) in [6, 6.07) is 0. The Bertz CT molecular complexity index is 261. The first-order chi connectivity index (χ1) is 5.52. The Hall–Kier alpha value is -0.290. The zero-order valence-electron chi connectivity index (χ0n) is 8.08. The van der Waals surface area contributed by atoms with Gasteiger partial charge in [0.2, 0.25) is 0 Å². The lowest BCUT2D eigenvalue weighted by Crippen LogP contribution is -1.91. The first kappa shape index (κ1) is 9.80. The van der Waals surface area contributed by atoms with Crippen molar-refractivity contribution in [1.82, 2.24) is 0 Å². The van der Waals surface area contributed by atoms with Crippen LogP contribution in [0.5, 0.6) is 0 Å². The molecule has 1 aliphatic heterocycles. The standard InChI is InChI=1S/C10H17OP/c1-9(2)4-6-12(11)7-5-10(3)8-12/h5,7-9H,4,6H2,1-3H3. The minimum absolute atomic E-state index is 0.651. The predicted octanol–water partition coefficient (Wildman–Crippen LogP) is 3.83. The van der Waals surface area contributed by atoms with Gasteiger partial charge in [-0.25, -0.2) is 0 Å². The second kappa shape index (κ2) is 3.62. The van der Waals surface area contributed by atoms with Crippen LogP contribution in [0, 0.1) is 5.92 Å². The number of rotatable bonds is 3. The van der Waals surface area contributed by atoms with E-state index in [9.17, 15) is 4.57 Å². The highest BCUT2D eigenvalue weighted by Gasteiger charge is 2.19. The van der Waals surface area contributed by atoms with E-state index >= 15 is 0 Å². The molecule has 1 rings (SSSR count). The van der Waals surface area contributed by atoms with Crippen molar-refractivity contribution < 1.29 is 4.57 Å². The van der Waals surface area contributed by atoms with Gasteiger partial charge in [0.25, 0.3) is 0 Å². The summed E-state index contributed by atoms with van der Waals surface area (Å²) in [6.07, 6.45) is 3.88. The fourth-order valence-electron chi connectivity index (χ4n) is 1.27. The van der Waals surface area contributed by atoms with E-state index in [1.54, 1.807) is 0 Å². The van der Waals surface area contributed by atoms with E-state index < -0.39 is 7.14 Å². The summed E-state index contributed by atoms with van der Waals surface area (Å²) in [5.41, 5.74) is 1.15. The second-order valence-corrected chi connectivity index (χ2v) is 6.66. The van der Waals surface area contributed by atoms with Crippen molar-refractivity contribution in [2.45, 2.75) is 27.2 Å². The highest BCUT2D eigenvalue weighted by Crippen LogP contribution is 2.54. The highest BCUT2D eigenvalue weighted by atomic mass is 31.2. The Labute approximate surface area is 74.9 Å². The predicted molar refractivity (Wildman–Crippen MR) is 54.8 cm³/mol. The molecule has 0 saturated heterocycles. The normalized spacial score (nSPS) is 28.2. The maximum atomic E-state index is 12.0. The van der Waals surface area contributed by atoms with Gasteiger partial charge in [0, 0.05) is 6.16 Å². The van der Waals surface area contributed by atoms with Gasteiger partial charge >= 0.3 is 0 Å². The van der Waals surface area contributed by atoms with Crippen molar-refractivity contribution in [3.8, 4) is 0 Å². The Kier molecular flexibility index (Phi) is 2.95.